The van der Waals surface area contributed by atoms with Gasteiger partial charge in [0.15, 0.2) is 5.13 Å². The normalized spacial score (nSPS) is 14.6. The summed E-state index contributed by atoms with van der Waals surface area (Å²) < 4.78 is 1.26. The average Bonchev–Trinajstić information content (AvgIpc) is 3.11. The van der Waals surface area contributed by atoms with E-state index in [1.54, 1.807) is 11.3 Å². The Balaban J connectivity index is 1.66. The van der Waals surface area contributed by atoms with Gasteiger partial charge in [-0.05, 0) is 18.6 Å². The predicted molar refractivity (Wildman–Crippen MR) is 87.0 cm³/mol. The molecule has 2 aromatic heterocycles. The third kappa shape index (κ3) is 2.21. The van der Waals surface area contributed by atoms with Gasteiger partial charge in [0, 0.05) is 30.8 Å². The van der Waals surface area contributed by atoms with E-state index in [0.29, 0.717) is 0 Å². The van der Waals surface area contributed by atoms with Crippen molar-refractivity contribution in [3.05, 3.63) is 41.2 Å². The van der Waals surface area contributed by atoms with Crippen LogP contribution in [0.15, 0.2) is 24.3 Å². The van der Waals surface area contributed by atoms with Crippen molar-refractivity contribution >= 4 is 26.7 Å². The predicted octanol–water partition coefficient (Wildman–Crippen LogP) is 3.53. The molecule has 0 radical (unpaired) electrons. The first-order valence-electron chi connectivity index (χ1n) is 7.50. The SMILES string of the molecule is CCCc1n[nH]c2c1CN(c1nc3ccccc3s1)CC2. The topological polar surface area (TPSA) is 44.8 Å². The van der Waals surface area contributed by atoms with Gasteiger partial charge in [0.25, 0.3) is 0 Å². The van der Waals surface area contributed by atoms with Crippen molar-refractivity contribution in [3.63, 3.8) is 0 Å². The van der Waals surface area contributed by atoms with Gasteiger partial charge < -0.3 is 4.90 Å². The lowest BCUT2D eigenvalue weighted by Gasteiger charge is -2.26. The first kappa shape index (κ1) is 12.8. The summed E-state index contributed by atoms with van der Waals surface area (Å²) in [5.74, 6) is 0. The van der Waals surface area contributed by atoms with E-state index in [9.17, 15) is 0 Å². The average molecular weight is 298 g/mol. The summed E-state index contributed by atoms with van der Waals surface area (Å²) in [6.45, 7) is 4.15. The molecule has 1 aromatic carbocycles. The Labute approximate surface area is 127 Å². The molecule has 5 heteroatoms. The number of fused-ring (bicyclic) bond motifs is 2. The number of nitrogens with one attached hydrogen (secondary N) is 1. The highest BCUT2D eigenvalue weighted by molar-refractivity contribution is 7.22. The smallest absolute Gasteiger partial charge is 0.186 e. The number of hydrogen-bond donors (Lipinski definition) is 1. The van der Waals surface area contributed by atoms with E-state index in [2.05, 4.69) is 46.3 Å². The molecule has 0 aliphatic carbocycles. The number of benzene rings is 1. The van der Waals surface area contributed by atoms with Crippen molar-refractivity contribution in [2.75, 3.05) is 11.4 Å². The van der Waals surface area contributed by atoms with Crippen LogP contribution in [0.1, 0.15) is 30.3 Å². The highest BCUT2D eigenvalue weighted by Crippen LogP contribution is 2.32. The molecule has 21 heavy (non-hydrogen) atoms. The molecule has 0 amide bonds. The van der Waals surface area contributed by atoms with Crippen molar-refractivity contribution in [2.45, 2.75) is 32.7 Å². The number of aryl methyl sites for hydroxylation is 1. The molecular formula is C16H18N4S. The fourth-order valence-electron chi connectivity index (χ4n) is 2.96. The Bertz CT molecular complexity index is 741. The summed E-state index contributed by atoms with van der Waals surface area (Å²) in [7, 11) is 0. The minimum Gasteiger partial charge on any atom is -0.343 e. The first-order valence-corrected chi connectivity index (χ1v) is 8.32. The number of rotatable bonds is 3. The zero-order valence-electron chi connectivity index (χ0n) is 12.1. The Kier molecular flexibility index (Phi) is 3.15. The Morgan fingerprint density at radius 1 is 1.33 bits per heavy atom. The third-order valence-electron chi connectivity index (χ3n) is 4.06. The molecule has 0 spiro atoms. The Hall–Kier alpha value is -1.88. The first-order chi connectivity index (χ1) is 10.3. The molecule has 0 saturated heterocycles. The summed E-state index contributed by atoms with van der Waals surface area (Å²) in [4.78, 5) is 7.17. The third-order valence-corrected chi connectivity index (χ3v) is 5.16. The molecule has 0 bridgehead atoms. The number of aromatic amines is 1. The van der Waals surface area contributed by atoms with Crippen molar-refractivity contribution in [2.24, 2.45) is 0 Å². The molecule has 1 N–H and O–H groups in total. The zero-order chi connectivity index (χ0) is 14.2. The van der Waals surface area contributed by atoms with Gasteiger partial charge in [-0.25, -0.2) is 4.98 Å². The maximum absolute atomic E-state index is 4.78. The summed E-state index contributed by atoms with van der Waals surface area (Å²) in [6.07, 6.45) is 3.22. The molecule has 3 aromatic rings. The minimum atomic E-state index is 0.932. The van der Waals surface area contributed by atoms with E-state index >= 15 is 0 Å². The lowest BCUT2D eigenvalue weighted by atomic mass is 10.0. The minimum absolute atomic E-state index is 0.932. The monoisotopic (exact) mass is 298 g/mol. The molecule has 0 saturated carbocycles. The standard InChI is InChI=1S/C16H18N4S/c1-2-5-12-11-10-20(9-8-13(11)19-18-12)16-17-14-6-3-4-7-15(14)21-16/h3-4,6-7H,2,5,8-10H2,1H3,(H,18,19). The number of hydrogen-bond acceptors (Lipinski definition) is 4. The fraction of sp³-hybridized carbons (Fsp3) is 0.375. The van der Waals surface area contributed by atoms with Crippen LogP contribution in [0.25, 0.3) is 10.2 Å². The van der Waals surface area contributed by atoms with Crippen LogP contribution in [0.3, 0.4) is 0 Å². The molecule has 3 heterocycles. The van der Waals surface area contributed by atoms with Gasteiger partial charge in [0.1, 0.15) is 0 Å². The highest BCUT2D eigenvalue weighted by Gasteiger charge is 2.23. The van der Waals surface area contributed by atoms with E-state index in [-0.39, 0.29) is 0 Å². The molecule has 0 fully saturated rings. The second kappa shape index (κ2) is 5.15. The van der Waals surface area contributed by atoms with E-state index in [4.69, 9.17) is 4.98 Å². The fourth-order valence-corrected chi connectivity index (χ4v) is 3.95. The number of H-pyrrole nitrogens is 1. The lowest BCUT2D eigenvalue weighted by Crippen LogP contribution is -2.30. The number of aromatic nitrogens is 3. The second-order valence-corrected chi connectivity index (χ2v) is 6.52. The van der Waals surface area contributed by atoms with Crippen LogP contribution >= 0.6 is 11.3 Å². The van der Waals surface area contributed by atoms with Crippen LogP contribution in [0, 0.1) is 0 Å². The molecule has 0 unspecified atom stereocenters. The Morgan fingerprint density at radius 3 is 3.10 bits per heavy atom. The summed E-state index contributed by atoms with van der Waals surface area (Å²) >= 11 is 1.78. The number of thiazole rings is 1. The molecule has 1 aliphatic heterocycles. The van der Waals surface area contributed by atoms with Gasteiger partial charge >= 0.3 is 0 Å². The van der Waals surface area contributed by atoms with Gasteiger partial charge in [-0.1, -0.05) is 36.8 Å². The van der Waals surface area contributed by atoms with Gasteiger partial charge in [0.05, 0.1) is 15.9 Å². The van der Waals surface area contributed by atoms with Crippen molar-refractivity contribution < 1.29 is 0 Å². The van der Waals surface area contributed by atoms with Crippen LogP contribution in [0.4, 0.5) is 5.13 Å². The lowest BCUT2D eigenvalue weighted by molar-refractivity contribution is 0.714. The van der Waals surface area contributed by atoms with Gasteiger partial charge in [-0.2, -0.15) is 5.10 Å². The Morgan fingerprint density at radius 2 is 2.24 bits per heavy atom. The van der Waals surface area contributed by atoms with Gasteiger partial charge in [-0.3, -0.25) is 5.10 Å². The van der Waals surface area contributed by atoms with E-state index in [1.807, 2.05) is 0 Å². The largest absolute Gasteiger partial charge is 0.343 e. The van der Waals surface area contributed by atoms with Gasteiger partial charge in [0.2, 0.25) is 0 Å². The van der Waals surface area contributed by atoms with Crippen molar-refractivity contribution in [1.29, 1.82) is 0 Å². The second-order valence-electron chi connectivity index (χ2n) is 5.51. The molecular weight excluding hydrogens is 280 g/mol. The number of nitrogens with zero attached hydrogens (tertiary/aromatic N) is 3. The molecule has 1 aliphatic rings. The van der Waals surface area contributed by atoms with Crippen LogP contribution < -0.4 is 4.90 Å². The van der Waals surface area contributed by atoms with Gasteiger partial charge in [-0.15, -0.1) is 0 Å². The summed E-state index contributed by atoms with van der Waals surface area (Å²) in [5, 5.41) is 8.84. The molecule has 0 atom stereocenters. The van der Waals surface area contributed by atoms with E-state index in [1.165, 1.54) is 21.7 Å². The highest BCUT2D eigenvalue weighted by atomic mass is 32.1. The van der Waals surface area contributed by atoms with Crippen LogP contribution in [-0.2, 0) is 19.4 Å². The van der Waals surface area contributed by atoms with Crippen LogP contribution in [0.5, 0.6) is 0 Å². The maximum Gasteiger partial charge on any atom is 0.186 e. The van der Waals surface area contributed by atoms with Crippen LogP contribution in [0.2, 0.25) is 0 Å². The maximum atomic E-state index is 4.78. The van der Waals surface area contributed by atoms with Crippen LogP contribution in [-0.4, -0.2) is 21.7 Å². The van der Waals surface area contributed by atoms with Crippen molar-refractivity contribution in [3.8, 4) is 0 Å². The van der Waals surface area contributed by atoms with Crippen molar-refractivity contribution in [1.82, 2.24) is 15.2 Å². The van der Waals surface area contributed by atoms with E-state index in [0.717, 1.165) is 43.0 Å². The molecule has 108 valence electrons. The molecule has 4 nitrogen and oxygen atoms in total. The molecule has 4 rings (SSSR count). The quantitative estimate of drug-likeness (QED) is 0.804. The summed E-state index contributed by atoms with van der Waals surface area (Å²) in [6, 6.07) is 8.36. The number of anilines is 1. The number of para-hydroxylation sites is 1. The zero-order valence-corrected chi connectivity index (χ0v) is 12.9. The van der Waals surface area contributed by atoms with E-state index < -0.39 is 0 Å². The summed E-state index contributed by atoms with van der Waals surface area (Å²) in [5.41, 5.74) is 5.04.